The zero-order chi connectivity index (χ0) is 19.5. The second-order valence-corrected chi connectivity index (χ2v) is 6.80. The summed E-state index contributed by atoms with van der Waals surface area (Å²) in [6, 6.07) is 16.3. The number of rotatable bonds is 5. The summed E-state index contributed by atoms with van der Waals surface area (Å²) in [5, 5.41) is 13.7. The van der Waals surface area contributed by atoms with Gasteiger partial charge in [0, 0.05) is 16.1 Å². The van der Waals surface area contributed by atoms with Gasteiger partial charge in [0.15, 0.2) is 0 Å². The van der Waals surface area contributed by atoms with E-state index in [1.165, 1.54) is 0 Å². The van der Waals surface area contributed by atoms with E-state index in [-0.39, 0.29) is 17.8 Å². The van der Waals surface area contributed by atoms with Crippen LogP contribution in [0.25, 0.3) is 11.5 Å². The Balaban J connectivity index is 1.63. The molecule has 3 aromatic rings. The summed E-state index contributed by atoms with van der Waals surface area (Å²) in [5.74, 6) is 0.290. The normalized spacial score (nSPS) is 16.1. The summed E-state index contributed by atoms with van der Waals surface area (Å²) >= 11 is 11.6. The second-order valence-electron chi connectivity index (χ2n) is 6.09. The van der Waals surface area contributed by atoms with Crippen molar-refractivity contribution in [2.45, 2.75) is 6.04 Å². The molecule has 2 aromatic carbocycles. The number of nitrogens with one attached hydrogen (secondary N) is 1. The molecule has 0 saturated heterocycles. The predicted octanol–water partition coefficient (Wildman–Crippen LogP) is 3.34. The van der Waals surface area contributed by atoms with Gasteiger partial charge in [-0.05, 0) is 29.4 Å². The Labute approximate surface area is 170 Å². The number of anilines is 1. The van der Waals surface area contributed by atoms with Crippen LogP contribution in [0.4, 0.5) is 5.95 Å². The molecule has 1 N–H and O–H groups in total. The summed E-state index contributed by atoms with van der Waals surface area (Å²) in [6.07, 6.45) is 0. The third-order valence-corrected chi connectivity index (χ3v) is 4.67. The van der Waals surface area contributed by atoms with Gasteiger partial charge < -0.3 is 9.84 Å². The van der Waals surface area contributed by atoms with E-state index in [0.717, 1.165) is 11.1 Å². The van der Waals surface area contributed by atoms with Crippen LogP contribution in [0.2, 0.25) is 5.02 Å². The first-order chi connectivity index (χ1) is 13.6. The lowest BCUT2D eigenvalue weighted by atomic mass is 10.0. The Kier molecular flexibility index (Phi) is 5.27. The predicted molar refractivity (Wildman–Crippen MR) is 108 cm³/mol. The number of nitrogens with zero attached hydrogens (tertiary/aromatic N) is 4. The number of hydrogen-bond donors (Lipinski definition) is 1. The van der Waals surface area contributed by atoms with Crippen molar-refractivity contribution in [3.8, 4) is 11.5 Å². The highest BCUT2D eigenvalue weighted by molar-refractivity contribution is 6.30. The molecule has 1 atom stereocenters. The topological polar surface area (TPSA) is 83.6 Å². The molecule has 9 heteroatoms. The number of amides is 1. The quantitative estimate of drug-likeness (QED) is 0.645. The van der Waals surface area contributed by atoms with E-state index in [1.54, 1.807) is 17.1 Å². The average Bonchev–Trinajstić information content (AvgIpc) is 3.37. The van der Waals surface area contributed by atoms with Crippen LogP contribution in [0.3, 0.4) is 0 Å². The molecule has 0 aliphatic carbocycles. The van der Waals surface area contributed by atoms with E-state index in [0.29, 0.717) is 29.1 Å². The molecule has 1 unspecified atom stereocenters. The monoisotopic (exact) mass is 415 g/mol. The molecule has 2 heterocycles. The number of hydrazone groups is 1. The van der Waals surface area contributed by atoms with Crippen molar-refractivity contribution >= 4 is 40.8 Å². The maximum absolute atomic E-state index is 11.8. The minimum atomic E-state index is -0.369. The molecule has 7 nitrogen and oxygen atoms in total. The molecule has 0 bridgehead atoms. The minimum Gasteiger partial charge on any atom is -0.345 e. The first-order valence-electron chi connectivity index (χ1n) is 8.50. The lowest BCUT2D eigenvalue weighted by molar-refractivity contribution is -0.118. The number of halogens is 2. The van der Waals surface area contributed by atoms with Crippen LogP contribution in [-0.4, -0.2) is 40.2 Å². The Morgan fingerprint density at radius 1 is 1.14 bits per heavy atom. The summed E-state index contributed by atoms with van der Waals surface area (Å²) in [7, 11) is 0. The number of hydrogen-bond acceptors (Lipinski definition) is 6. The largest absolute Gasteiger partial charge is 0.345 e. The van der Waals surface area contributed by atoms with Gasteiger partial charge in [-0.2, -0.15) is 10.1 Å². The highest BCUT2D eigenvalue weighted by Crippen LogP contribution is 2.24. The van der Waals surface area contributed by atoms with Crippen LogP contribution >= 0.6 is 23.2 Å². The van der Waals surface area contributed by atoms with E-state index in [9.17, 15) is 4.79 Å². The van der Waals surface area contributed by atoms with Gasteiger partial charge in [0.1, 0.15) is 5.88 Å². The first-order valence-corrected chi connectivity index (χ1v) is 9.42. The van der Waals surface area contributed by atoms with Gasteiger partial charge >= 0.3 is 0 Å². The summed E-state index contributed by atoms with van der Waals surface area (Å²) < 4.78 is 5.36. The maximum Gasteiger partial charge on any atom is 0.286 e. The van der Waals surface area contributed by atoms with Gasteiger partial charge in [0.2, 0.25) is 5.91 Å². The van der Waals surface area contributed by atoms with Crippen molar-refractivity contribution in [2.75, 3.05) is 17.4 Å². The molecule has 1 amide bonds. The van der Waals surface area contributed by atoms with Gasteiger partial charge in [-0.15, -0.1) is 11.6 Å². The third-order valence-electron chi connectivity index (χ3n) is 4.18. The SMILES string of the molecule is O=C(CCl)NC1CN(c2noc(-c3ccccc3)n2)N=C1c1ccc(Cl)cc1. The van der Waals surface area contributed by atoms with E-state index in [2.05, 4.69) is 20.6 Å². The molecular weight excluding hydrogens is 401 g/mol. The zero-order valence-corrected chi connectivity index (χ0v) is 16.1. The molecule has 0 saturated carbocycles. The van der Waals surface area contributed by atoms with E-state index in [1.807, 2.05) is 42.5 Å². The van der Waals surface area contributed by atoms with Crippen LogP contribution in [0.1, 0.15) is 5.56 Å². The number of benzene rings is 2. The van der Waals surface area contributed by atoms with Crippen LogP contribution in [0, 0.1) is 0 Å². The lowest BCUT2D eigenvalue weighted by Crippen LogP contribution is -2.43. The van der Waals surface area contributed by atoms with Crippen molar-refractivity contribution in [1.82, 2.24) is 15.5 Å². The van der Waals surface area contributed by atoms with E-state index < -0.39 is 0 Å². The number of carbonyl (C=O) groups is 1. The van der Waals surface area contributed by atoms with Crippen molar-refractivity contribution in [2.24, 2.45) is 5.10 Å². The molecule has 0 spiro atoms. The van der Waals surface area contributed by atoms with E-state index in [4.69, 9.17) is 27.7 Å². The molecule has 1 aliphatic heterocycles. The fourth-order valence-corrected chi connectivity index (χ4v) is 3.07. The van der Waals surface area contributed by atoms with E-state index >= 15 is 0 Å². The number of carbonyl (C=O) groups excluding carboxylic acids is 1. The zero-order valence-electron chi connectivity index (χ0n) is 14.5. The Morgan fingerprint density at radius 2 is 1.89 bits per heavy atom. The second kappa shape index (κ2) is 8.00. The highest BCUT2D eigenvalue weighted by Gasteiger charge is 2.32. The van der Waals surface area contributed by atoms with Gasteiger partial charge in [0.25, 0.3) is 11.8 Å². The molecule has 28 heavy (non-hydrogen) atoms. The van der Waals surface area contributed by atoms with Gasteiger partial charge in [0.05, 0.1) is 18.3 Å². The van der Waals surface area contributed by atoms with Crippen LogP contribution in [-0.2, 0) is 4.79 Å². The fourth-order valence-electron chi connectivity index (χ4n) is 2.87. The van der Waals surface area contributed by atoms with Crippen LogP contribution in [0.15, 0.2) is 64.2 Å². The lowest BCUT2D eigenvalue weighted by Gasteiger charge is -2.14. The smallest absolute Gasteiger partial charge is 0.286 e. The number of aromatic nitrogens is 2. The third kappa shape index (κ3) is 3.85. The standard InChI is InChI=1S/C19H15Cl2N5O2/c20-10-16(27)22-15-11-26(24-17(15)12-6-8-14(21)9-7-12)19-23-18(28-25-19)13-4-2-1-3-5-13/h1-9,15H,10-11H2,(H,22,27). The van der Waals surface area contributed by atoms with Gasteiger partial charge in [-0.3, -0.25) is 4.79 Å². The summed E-state index contributed by atoms with van der Waals surface area (Å²) in [4.78, 5) is 16.3. The molecule has 142 valence electrons. The van der Waals surface area contributed by atoms with Crippen molar-refractivity contribution in [1.29, 1.82) is 0 Å². The minimum absolute atomic E-state index is 0.134. The Hall–Kier alpha value is -2.90. The Bertz CT molecular complexity index is 1000. The maximum atomic E-state index is 11.8. The van der Waals surface area contributed by atoms with Crippen molar-refractivity contribution in [3.05, 3.63) is 65.2 Å². The van der Waals surface area contributed by atoms with Crippen molar-refractivity contribution < 1.29 is 9.32 Å². The van der Waals surface area contributed by atoms with Gasteiger partial charge in [-0.25, -0.2) is 5.01 Å². The first kappa shape index (κ1) is 18.5. The highest BCUT2D eigenvalue weighted by atomic mass is 35.5. The molecule has 1 aliphatic rings. The molecule has 0 fully saturated rings. The molecule has 4 rings (SSSR count). The van der Waals surface area contributed by atoms with Crippen LogP contribution in [0.5, 0.6) is 0 Å². The average molecular weight is 416 g/mol. The fraction of sp³-hybridized carbons (Fsp3) is 0.158. The molecular formula is C19H15Cl2N5O2. The molecule has 0 radical (unpaired) electrons. The Morgan fingerprint density at radius 3 is 2.61 bits per heavy atom. The van der Waals surface area contributed by atoms with Crippen molar-refractivity contribution in [3.63, 3.8) is 0 Å². The number of alkyl halides is 1. The summed E-state index contributed by atoms with van der Waals surface area (Å²) in [6.45, 7) is 0.356. The van der Waals surface area contributed by atoms with Gasteiger partial charge in [-0.1, -0.05) is 41.9 Å². The molecule has 1 aromatic heterocycles. The van der Waals surface area contributed by atoms with Crippen LogP contribution < -0.4 is 10.3 Å². The summed E-state index contributed by atoms with van der Waals surface area (Å²) in [5.41, 5.74) is 2.31.